The first-order valence-electron chi connectivity index (χ1n) is 4.18. The number of nitrogens with zero attached hydrogens (tertiary/aromatic N) is 1. The van der Waals surface area contributed by atoms with Crippen molar-refractivity contribution in [1.29, 1.82) is 0 Å². The van der Waals surface area contributed by atoms with E-state index in [1.165, 1.54) is 9.80 Å². The molecule has 70 valence electrons. The summed E-state index contributed by atoms with van der Waals surface area (Å²) in [7, 11) is 5.48. The molecule has 1 aromatic rings. The number of ether oxygens (including phenoxy) is 1. The summed E-state index contributed by atoms with van der Waals surface area (Å²) in [6, 6.07) is 4.06. The van der Waals surface area contributed by atoms with Gasteiger partial charge in [0.1, 0.15) is 6.73 Å². The molecule has 0 aliphatic carbocycles. The van der Waals surface area contributed by atoms with Gasteiger partial charge in [0.2, 0.25) is 7.98 Å². The van der Waals surface area contributed by atoms with Crippen molar-refractivity contribution in [2.75, 3.05) is 13.3 Å². The van der Waals surface area contributed by atoms with E-state index in [9.17, 15) is 0 Å². The van der Waals surface area contributed by atoms with E-state index in [2.05, 4.69) is 5.43 Å². The minimum Gasteiger partial charge on any atom is -0.360 e. The highest BCUT2D eigenvalue weighted by Crippen LogP contribution is 2.08. The molecule has 0 saturated heterocycles. The molecule has 0 amide bonds. The fourth-order valence-electron chi connectivity index (χ4n) is 0.787. The van der Waals surface area contributed by atoms with Gasteiger partial charge in [0.25, 0.3) is 0 Å². The van der Waals surface area contributed by atoms with E-state index in [1.807, 2.05) is 24.4 Å². The van der Waals surface area contributed by atoms with Crippen molar-refractivity contribution in [2.45, 2.75) is 13.5 Å². The van der Waals surface area contributed by atoms with Crippen LogP contribution in [0.25, 0.3) is 0 Å². The van der Waals surface area contributed by atoms with Crippen LogP contribution in [0.3, 0.4) is 0 Å². The molecular formula is C8H13BN2OS. The number of nitrogens with one attached hydrogen (secondary N) is 1. The van der Waals surface area contributed by atoms with Crippen molar-refractivity contribution in [1.82, 2.24) is 10.3 Å². The third-order valence-electron chi connectivity index (χ3n) is 1.53. The number of rotatable bonds is 6. The average molecular weight is 196 g/mol. The minimum atomic E-state index is 0.447. The second-order valence-electron chi connectivity index (χ2n) is 2.52. The average Bonchev–Trinajstić information content (AvgIpc) is 2.64. The number of hydrogen-bond donors (Lipinski definition) is 1. The molecule has 0 atom stereocenters. The van der Waals surface area contributed by atoms with Crippen LogP contribution in [-0.2, 0) is 11.3 Å². The zero-order valence-corrected chi connectivity index (χ0v) is 8.51. The fraction of sp³-hybridized carbons (Fsp3) is 0.500. The topological polar surface area (TPSA) is 24.5 Å². The van der Waals surface area contributed by atoms with Crippen molar-refractivity contribution in [3.8, 4) is 0 Å². The molecule has 0 aromatic carbocycles. The summed E-state index contributed by atoms with van der Waals surface area (Å²) in [5, 5.41) is 2.04. The van der Waals surface area contributed by atoms with Crippen LogP contribution in [0.5, 0.6) is 0 Å². The Morgan fingerprint density at radius 1 is 1.69 bits per heavy atom. The molecule has 1 N–H and O–H groups in total. The molecule has 0 unspecified atom stereocenters. The Hall–Kier alpha value is -0.355. The third kappa shape index (κ3) is 4.43. The molecule has 0 fully saturated rings. The van der Waals surface area contributed by atoms with E-state index in [-0.39, 0.29) is 0 Å². The lowest BCUT2D eigenvalue weighted by Gasteiger charge is -2.15. The lowest BCUT2D eigenvalue weighted by molar-refractivity contribution is 0.0731. The van der Waals surface area contributed by atoms with Crippen LogP contribution in [0.2, 0.25) is 0 Å². The molecule has 0 spiro atoms. The van der Waals surface area contributed by atoms with Gasteiger partial charge in [-0.25, -0.2) is 5.43 Å². The standard InChI is InChI=1S/C8H13BN2OS/c1-2-11(9)10-7-12-6-8-4-3-5-13-8/h3-5,10H,2,6-7H2,1H3. The smallest absolute Gasteiger partial charge is 0.206 e. The van der Waals surface area contributed by atoms with Gasteiger partial charge in [0.15, 0.2) is 0 Å². The number of thiophene rings is 1. The van der Waals surface area contributed by atoms with Crippen molar-refractivity contribution in [3.05, 3.63) is 22.4 Å². The first-order valence-corrected chi connectivity index (χ1v) is 5.06. The summed E-state index contributed by atoms with van der Waals surface area (Å²) < 4.78 is 5.33. The summed E-state index contributed by atoms with van der Waals surface area (Å²) in [5.74, 6) is 0. The van der Waals surface area contributed by atoms with Gasteiger partial charge in [0, 0.05) is 4.88 Å². The molecule has 0 bridgehead atoms. The van der Waals surface area contributed by atoms with Crippen LogP contribution in [0, 0.1) is 0 Å². The summed E-state index contributed by atoms with van der Waals surface area (Å²) >= 11 is 1.69. The third-order valence-corrected chi connectivity index (χ3v) is 2.38. The molecule has 1 aromatic heterocycles. The van der Waals surface area contributed by atoms with Gasteiger partial charge in [-0.3, -0.25) is 4.92 Å². The van der Waals surface area contributed by atoms with E-state index >= 15 is 0 Å². The maximum absolute atomic E-state index is 5.48. The van der Waals surface area contributed by atoms with Gasteiger partial charge in [-0.2, -0.15) is 0 Å². The highest BCUT2D eigenvalue weighted by Gasteiger charge is 1.94. The predicted molar refractivity (Wildman–Crippen MR) is 55.2 cm³/mol. The molecule has 1 rings (SSSR count). The lowest BCUT2D eigenvalue weighted by Crippen LogP contribution is -2.36. The van der Waals surface area contributed by atoms with Crippen LogP contribution < -0.4 is 5.43 Å². The second-order valence-corrected chi connectivity index (χ2v) is 3.55. The molecule has 0 aliphatic rings. The monoisotopic (exact) mass is 196 g/mol. The van der Waals surface area contributed by atoms with E-state index in [0.29, 0.717) is 13.3 Å². The molecule has 0 saturated carbocycles. The molecule has 13 heavy (non-hydrogen) atoms. The Bertz CT molecular complexity index is 218. The van der Waals surface area contributed by atoms with Crippen molar-refractivity contribution < 1.29 is 4.74 Å². The van der Waals surface area contributed by atoms with Gasteiger partial charge in [-0.1, -0.05) is 13.0 Å². The molecule has 5 heteroatoms. The second kappa shape index (κ2) is 6.15. The van der Waals surface area contributed by atoms with E-state index in [4.69, 9.17) is 12.7 Å². The summed E-state index contributed by atoms with van der Waals surface area (Å²) in [6.45, 7) is 3.80. The summed E-state index contributed by atoms with van der Waals surface area (Å²) in [6.07, 6.45) is 0. The Kier molecular flexibility index (Phi) is 5.08. The molecule has 1 heterocycles. The Morgan fingerprint density at radius 2 is 2.54 bits per heavy atom. The zero-order valence-electron chi connectivity index (χ0n) is 7.69. The Balaban J connectivity index is 2.02. The highest BCUT2D eigenvalue weighted by molar-refractivity contribution is 7.09. The maximum atomic E-state index is 5.48. The quantitative estimate of drug-likeness (QED) is 0.319. The number of hydrogen-bond acceptors (Lipinski definition) is 4. The fourth-order valence-corrected chi connectivity index (χ4v) is 1.43. The lowest BCUT2D eigenvalue weighted by atomic mass is 10.4. The summed E-state index contributed by atoms with van der Waals surface area (Å²) in [5.41, 5.74) is 2.89. The van der Waals surface area contributed by atoms with Crippen molar-refractivity contribution >= 4 is 19.3 Å². The van der Waals surface area contributed by atoms with Crippen LogP contribution in [-0.4, -0.2) is 26.2 Å². The van der Waals surface area contributed by atoms with Crippen molar-refractivity contribution in [3.63, 3.8) is 0 Å². The zero-order chi connectivity index (χ0) is 9.52. The Labute approximate surface area is 84.1 Å². The molecule has 2 radical (unpaired) electrons. The van der Waals surface area contributed by atoms with E-state index in [0.717, 1.165) is 6.54 Å². The van der Waals surface area contributed by atoms with Gasteiger partial charge in [-0.15, -0.1) is 11.3 Å². The highest BCUT2D eigenvalue weighted by atomic mass is 32.1. The SMILES string of the molecule is [B]N(CC)NCOCc1cccs1. The van der Waals surface area contributed by atoms with Crippen LogP contribution in [0.4, 0.5) is 0 Å². The largest absolute Gasteiger partial charge is 0.360 e. The minimum absolute atomic E-state index is 0.447. The first kappa shape index (κ1) is 10.7. The van der Waals surface area contributed by atoms with Gasteiger partial charge in [0.05, 0.1) is 6.61 Å². The Morgan fingerprint density at radius 3 is 3.15 bits per heavy atom. The molecule has 3 nitrogen and oxygen atoms in total. The van der Waals surface area contributed by atoms with Crippen molar-refractivity contribution in [2.24, 2.45) is 0 Å². The maximum Gasteiger partial charge on any atom is 0.206 e. The van der Waals surface area contributed by atoms with Crippen LogP contribution in [0.15, 0.2) is 17.5 Å². The predicted octanol–water partition coefficient (Wildman–Crippen LogP) is 1.13. The molecular weight excluding hydrogens is 183 g/mol. The number of hydrazine groups is 1. The van der Waals surface area contributed by atoms with Crippen LogP contribution >= 0.6 is 11.3 Å². The van der Waals surface area contributed by atoms with E-state index < -0.39 is 0 Å². The van der Waals surface area contributed by atoms with Gasteiger partial charge >= 0.3 is 0 Å². The van der Waals surface area contributed by atoms with Crippen LogP contribution in [0.1, 0.15) is 11.8 Å². The van der Waals surface area contributed by atoms with Gasteiger partial charge < -0.3 is 4.74 Å². The van der Waals surface area contributed by atoms with Gasteiger partial charge in [-0.05, 0) is 18.0 Å². The first-order chi connectivity index (χ1) is 6.33. The molecule has 0 aliphatic heterocycles. The normalized spacial score (nSPS) is 10.9. The summed E-state index contributed by atoms with van der Waals surface area (Å²) in [4.78, 5) is 2.72. The van der Waals surface area contributed by atoms with E-state index in [1.54, 1.807) is 11.3 Å².